The lowest BCUT2D eigenvalue weighted by molar-refractivity contribution is 0.134. The number of nitrogens with zero attached hydrogens (tertiary/aromatic N) is 1. The largest absolute Gasteiger partial charge is 0.497 e. The van der Waals surface area contributed by atoms with E-state index in [0.717, 1.165) is 54.2 Å². The second-order valence-corrected chi connectivity index (χ2v) is 9.61. The van der Waals surface area contributed by atoms with Crippen LogP contribution >= 0.6 is 0 Å². The van der Waals surface area contributed by atoms with Gasteiger partial charge in [0.2, 0.25) is 0 Å². The van der Waals surface area contributed by atoms with Crippen LogP contribution in [0.4, 0.5) is 0 Å². The highest BCUT2D eigenvalue weighted by Crippen LogP contribution is 2.49. The highest BCUT2D eigenvalue weighted by Gasteiger charge is 2.42. The minimum Gasteiger partial charge on any atom is -0.497 e. The predicted molar refractivity (Wildman–Crippen MR) is 120 cm³/mol. The molecule has 2 aromatic carbocycles. The Morgan fingerprint density at radius 2 is 1.67 bits per heavy atom. The second-order valence-electron chi connectivity index (χ2n) is 9.61. The summed E-state index contributed by atoms with van der Waals surface area (Å²) in [4.78, 5) is 5.50. The van der Waals surface area contributed by atoms with Crippen LogP contribution in [0.5, 0.6) is 17.2 Å². The topological polar surface area (TPSA) is 40.0 Å². The summed E-state index contributed by atoms with van der Waals surface area (Å²) in [7, 11) is 3.45. The lowest BCUT2D eigenvalue weighted by atomic mass is 9.73. The third-order valence-corrected chi connectivity index (χ3v) is 6.88. The Kier molecular flexibility index (Phi) is 4.57. The van der Waals surface area contributed by atoms with Crippen molar-refractivity contribution in [3.63, 3.8) is 0 Å². The van der Waals surface area contributed by atoms with Gasteiger partial charge in [-0.2, -0.15) is 0 Å². The zero-order chi connectivity index (χ0) is 20.9. The van der Waals surface area contributed by atoms with Gasteiger partial charge in [-0.3, -0.25) is 4.99 Å². The van der Waals surface area contributed by atoms with Gasteiger partial charge in [0, 0.05) is 23.1 Å². The number of hydrogen-bond acceptors (Lipinski definition) is 4. The number of methoxy groups -OCH3 is 2. The summed E-state index contributed by atoms with van der Waals surface area (Å²) in [5.74, 6) is 2.62. The Bertz CT molecular complexity index is 998. The molecule has 30 heavy (non-hydrogen) atoms. The molecule has 4 heteroatoms. The van der Waals surface area contributed by atoms with Crippen molar-refractivity contribution in [3.05, 3.63) is 52.6 Å². The molecule has 2 heterocycles. The monoisotopic (exact) mass is 405 g/mol. The van der Waals surface area contributed by atoms with Crippen LogP contribution in [-0.2, 0) is 12.8 Å². The molecule has 1 saturated carbocycles. The van der Waals surface area contributed by atoms with Gasteiger partial charge in [-0.05, 0) is 69.0 Å². The first kappa shape index (κ1) is 19.5. The smallest absolute Gasteiger partial charge is 0.166 e. The van der Waals surface area contributed by atoms with Gasteiger partial charge in [-0.15, -0.1) is 0 Å². The lowest BCUT2D eigenvalue weighted by Crippen LogP contribution is -2.38. The maximum Gasteiger partial charge on any atom is 0.166 e. The number of fused-ring (bicyclic) bond motifs is 3. The maximum absolute atomic E-state index is 6.34. The van der Waals surface area contributed by atoms with Crippen LogP contribution in [0.25, 0.3) is 0 Å². The Labute approximate surface area is 179 Å². The van der Waals surface area contributed by atoms with Crippen molar-refractivity contribution in [2.75, 3.05) is 14.2 Å². The molecule has 0 bridgehead atoms. The highest BCUT2D eigenvalue weighted by molar-refractivity contribution is 6.16. The molecule has 1 spiro atoms. The van der Waals surface area contributed by atoms with E-state index in [1.54, 1.807) is 14.2 Å². The molecule has 0 atom stereocenters. The standard InChI is InChI=1S/C26H31NO3/c1-25(2)16-20-22-18(14-21(29-4)24(20)30-25)15-26(12-6-5-7-13-26)27-23(22)17-8-10-19(28-3)11-9-17/h8-11,14H,5-7,12-13,15-16H2,1-4H3. The molecule has 0 radical (unpaired) electrons. The summed E-state index contributed by atoms with van der Waals surface area (Å²) >= 11 is 0. The van der Waals surface area contributed by atoms with E-state index in [4.69, 9.17) is 19.2 Å². The van der Waals surface area contributed by atoms with Crippen molar-refractivity contribution in [3.8, 4) is 17.2 Å². The van der Waals surface area contributed by atoms with Crippen LogP contribution in [0, 0.1) is 0 Å². The van der Waals surface area contributed by atoms with Gasteiger partial charge in [0.1, 0.15) is 11.4 Å². The Morgan fingerprint density at radius 3 is 2.33 bits per heavy atom. The second kappa shape index (κ2) is 7.04. The van der Waals surface area contributed by atoms with E-state index >= 15 is 0 Å². The number of benzene rings is 2. The number of hydrogen-bond donors (Lipinski definition) is 0. The van der Waals surface area contributed by atoms with Crippen molar-refractivity contribution in [2.45, 2.75) is 69.9 Å². The van der Waals surface area contributed by atoms with Gasteiger partial charge >= 0.3 is 0 Å². The fraction of sp³-hybridized carbons (Fsp3) is 0.500. The molecule has 0 amide bonds. The molecule has 1 fully saturated rings. The first-order valence-electron chi connectivity index (χ1n) is 11.1. The van der Waals surface area contributed by atoms with Crippen LogP contribution in [0.2, 0.25) is 0 Å². The van der Waals surface area contributed by atoms with Crippen molar-refractivity contribution in [1.29, 1.82) is 0 Å². The zero-order valence-corrected chi connectivity index (χ0v) is 18.5. The summed E-state index contributed by atoms with van der Waals surface area (Å²) < 4.78 is 17.5. The molecule has 1 aliphatic carbocycles. The third kappa shape index (κ3) is 3.17. The molecule has 4 nitrogen and oxygen atoms in total. The minimum atomic E-state index is -0.240. The van der Waals surface area contributed by atoms with Crippen LogP contribution in [0.15, 0.2) is 35.3 Å². The van der Waals surface area contributed by atoms with E-state index in [-0.39, 0.29) is 11.1 Å². The van der Waals surface area contributed by atoms with Crippen LogP contribution in [0.3, 0.4) is 0 Å². The van der Waals surface area contributed by atoms with Crippen LogP contribution in [-0.4, -0.2) is 31.1 Å². The summed E-state index contributed by atoms with van der Waals surface area (Å²) in [6, 6.07) is 10.6. The minimum absolute atomic E-state index is 0.00867. The van der Waals surface area contributed by atoms with Gasteiger partial charge in [0.25, 0.3) is 0 Å². The first-order valence-corrected chi connectivity index (χ1v) is 11.1. The molecule has 2 aromatic rings. The average Bonchev–Trinajstić information content (AvgIpc) is 3.08. The van der Waals surface area contributed by atoms with E-state index in [2.05, 4.69) is 32.0 Å². The first-order chi connectivity index (χ1) is 14.4. The van der Waals surface area contributed by atoms with Gasteiger partial charge in [-0.25, -0.2) is 0 Å². The summed E-state index contributed by atoms with van der Waals surface area (Å²) in [6.07, 6.45) is 8.01. The summed E-state index contributed by atoms with van der Waals surface area (Å²) in [5.41, 5.74) is 5.89. The third-order valence-electron chi connectivity index (χ3n) is 6.88. The molecule has 3 aliphatic rings. The number of aliphatic imine (C=N–C) groups is 1. The quantitative estimate of drug-likeness (QED) is 0.676. The maximum atomic E-state index is 6.34. The van der Waals surface area contributed by atoms with Crippen molar-refractivity contribution >= 4 is 5.71 Å². The van der Waals surface area contributed by atoms with Crippen LogP contribution < -0.4 is 14.2 Å². The zero-order valence-electron chi connectivity index (χ0n) is 18.5. The number of ether oxygens (including phenoxy) is 3. The van der Waals surface area contributed by atoms with Gasteiger partial charge in [-0.1, -0.05) is 19.3 Å². The summed E-state index contributed by atoms with van der Waals surface area (Å²) in [5, 5.41) is 0. The molecular formula is C26H31NO3. The molecular weight excluding hydrogens is 374 g/mol. The SMILES string of the molecule is COc1ccc(C2=NC3(CCCCC3)Cc3cc(OC)c4c(c32)CC(C)(C)O4)cc1. The Balaban J connectivity index is 1.72. The van der Waals surface area contributed by atoms with E-state index in [9.17, 15) is 0 Å². The molecule has 158 valence electrons. The molecule has 5 rings (SSSR count). The predicted octanol–water partition coefficient (Wildman–Crippen LogP) is 5.51. The molecule has 0 unspecified atom stereocenters. The lowest BCUT2D eigenvalue weighted by Gasteiger charge is -2.39. The van der Waals surface area contributed by atoms with Crippen molar-refractivity contribution in [2.24, 2.45) is 4.99 Å². The molecule has 0 N–H and O–H groups in total. The van der Waals surface area contributed by atoms with Crippen LogP contribution in [0.1, 0.15) is 68.2 Å². The van der Waals surface area contributed by atoms with E-state index < -0.39 is 0 Å². The van der Waals surface area contributed by atoms with Gasteiger partial charge in [0.15, 0.2) is 11.5 Å². The Morgan fingerprint density at radius 1 is 0.933 bits per heavy atom. The van der Waals surface area contributed by atoms with Crippen molar-refractivity contribution in [1.82, 2.24) is 0 Å². The highest BCUT2D eigenvalue weighted by atomic mass is 16.5. The van der Waals surface area contributed by atoms with Gasteiger partial charge in [0.05, 0.1) is 25.5 Å². The van der Waals surface area contributed by atoms with E-state index in [0.29, 0.717) is 0 Å². The van der Waals surface area contributed by atoms with E-state index in [1.165, 1.54) is 36.0 Å². The normalized spacial score (nSPS) is 20.7. The summed E-state index contributed by atoms with van der Waals surface area (Å²) in [6.45, 7) is 4.29. The molecule has 0 aromatic heterocycles. The van der Waals surface area contributed by atoms with Crippen molar-refractivity contribution < 1.29 is 14.2 Å². The van der Waals surface area contributed by atoms with E-state index in [1.807, 2.05) is 12.1 Å². The fourth-order valence-corrected chi connectivity index (χ4v) is 5.50. The Hall–Kier alpha value is -2.49. The molecule has 0 saturated heterocycles. The fourth-order valence-electron chi connectivity index (χ4n) is 5.50. The average molecular weight is 406 g/mol. The molecule has 2 aliphatic heterocycles. The van der Waals surface area contributed by atoms with Gasteiger partial charge < -0.3 is 14.2 Å². The number of rotatable bonds is 3.